The molecule has 2 aliphatic heterocycles. The van der Waals surface area contributed by atoms with Crippen LogP contribution < -0.4 is 5.73 Å². The molecule has 2 atom stereocenters. The summed E-state index contributed by atoms with van der Waals surface area (Å²) in [6.07, 6.45) is 3.97. The van der Waals surface area contributed by atoms with E-state index in [0.717, 1.165) is 43.7 Å². The number of urea groups is 1. The Labute approximate surface area is 117 Å². The molecule has 3 fully saturated rings. The van der Waals surface area contributed by atoms with Gasteiger partial charge in [0.05, 0.1) is 12.1 Å². The van der Waals surface area contributed by atoms with Gasteiger partial charge < -0.3 is 20.1 Å². The fourth-order valence-electron chi connectivity index (χ4n) is 3.69. The number of carbonyl (C=O) groups is 1. The number of hydrogen-bond acceptors (Lipinski definition) is 4. The summed E-state index contributed by atoms with van der Waals surface area (Å²) in [5, 5.41) is 4.22. The van der Waals surface area contributed by atoms with Crippen molar-refractivity contribution < 1.29 is 9.32 Å². The molecule has 4 rings (SSSR count). The third-order valence-electron chi connectivity index (χ3n) is 5.12. The zero-order valence-corrected chi connectivity index (χ0v) is 11.7. The Morgan fingerprint density at radius 3 is 2.95 bits per heavy atom. The van der Waals surface area contributed by atoms with Crippen molar-refractivity contribution in [3.05, 3.63) is 17.5 Å². The first kappa shape index (κ1) is 12.2. The van der Waals surface area contributed by atoms with E-state index >= 15 is 0 Å². The fraction of sp³-hybridized carbons (Fsp3) is 0.714. The van der Waals surface area contributed by atoms with Crippen LogP contribution >= 0.6 is 0 Å². The number of nitrogens with two attached hydrogens (primary N) is 1. The maximum Gasteiger partial charge on any atom is 0.320 e. The van der Waals surface area contributed by atoms with Crippen LogP contribution in [0.5, 0.6) is 0 Å². The Balaban J connectivity index is 1.54. The van der Waals surface area contributed by atoms with Gasteiger partial charge in [0.1, 0.15) is 11.5 Å². The zero-order valence-electron chi connectivity index (χ0n) is 11.7. The van der Waals surface area contributed by atoms with E-state index in [2.05, 4.69) is 5.16 Å². The normalized spacial score (nSPS) is 36.4. The van der Waals surface area contributed by atoms with Crippen molar-refractivity contribution in [2.75, 3.05) is 13.6 Å². The zero-order chi connectivity index (χ0) is 13.9. The van der Waals surface area contributed by atoms with Gasteiger partial charge in [0.15, 0.2) is 0 Å². The summed E-state index contributed by atoms with van der Waals surface area (Å²) >= 11 is 0. The molecule has 6 nitrogen and oxygen atoms in total. The Hall–Kier alpha value is -1.56. The number of fused-ring (bicyclic) bond motifs is 2. The van der Waals surface area contributed by atoms with Crippen molar-refractivity contribution in [1.82, 2.24) is 15.0 Å². The van der Waals surface area contributed by atoms with Crippen LogP contribution in [-0.2, 0) is 0 Å². The van der Waals surface area contributed by atoms with Crippen LogP contribution in [0.15, 0.2) is 10.6 Å². The highest BCUT2D eigenvalue weighted by atomic mass is 16.5. The first-order chi connectivity index (χ1) is 9.63. The average Bonchev–Trinajstić information content (AvgIpc) is 2.97. The quantitative estimate of drug-likeness (QED) is 0.887. The molecule has 3 aliphatic rings. The van der Waals surface area contributed by atoms with E-state index in [-0.39, 0.29) is 12.1 Å². The molecule has 1 aromatic heterocycles. The van der Waals surface area contributed by atoms with Gasteiger partial charge in [-0.05, 0) is 25.7 Å². The van der Waals surface area contributed by atoms with E-state index in [1.807, 2.05) is 22.9 Å². The Morgan fingerprint density at radius 1 is 1.40 bits per heavy atom. The van der Waals surface area contributed by atoms with Gasteiger partial charge in [0.2, 0.25) is 0 Å². The van der Waals surface area contributed by atoms with E-state index in [4.69, 9.17) is 10.3 Å². The van der Waals surface area contributed by atoms with E-state index in [1.165, 1.54) is 0 Å². The second-order valence-corrected chi connectivity index (χ2v) is 6.38. The molecular formula is C14H20N4O2. The Morgan fingerprint density at radius 2 is 2.20 bits per heavy atom. The number of aromatic nitrogens is 1. The lowest BCUT2D eigenvalue weighted by atomic mass is 9.79. The largest absolute Gasteiger partial charge is 0.361 e. The van der Waals surface area contributed by atoms with Crippen LogP contribution in [0, 0.1) is 0 Å². The molecule has 0 aromatic carbocycles. The van der Waals surface area contributed by atoms with Crippen molar-refractivity contribution in [1.29, 1.82) is 0 Å². The van der Waals surface area contributed by atoms with Crippen molar-refractivity contribution in [2.24, 2.45) is 5.73 Å². The second-order valence-electron chi connectivity index (χ2n) is 6.38. The third-order valence-corrected chi connectivity index (χ3v) is 5.12. The van der Waals surface area contributed by atoms with Crippen molar-refractivity contribution in [2.45, 2.75) is 49.7 Å². The summed E-state index contributed by atoms with van der Waals surface area (Å²) in [5.74, 6) is 1.35. The van der Waals surface area contributed by atoms with E-state index in [9.17, 15) is 4.79 Å². The van der Waals surface area contributed by atoms with Gasteiger partial charge in [-0.3, -0.25) is 0 Å². The maximum atomic E-state index is 12.2. The monoisotopic (exact) mass is 276 g/mol. The van der Waals surface area contributed by atoms with Gasteiger partial charge in [-0.25, -0.2) is 4.79 Å². The molecular weight excluding hydrogens is 256 g/mol. The number of carbonyl (C=O) groups excluding carboxylic acids is 1. The maximum absolute atomic E-state index is 12.2. The molecule has 108 valence electrons. The highest BCUT2D eigenvalue weighted by Gasteiger charge is 2.44. The van der Waals surface area contributed by atoms with Gasteiger partial charge in [0, 0.05) is 31.6 Å². The molecule has 1 saturated carbocycles. The highest BCUT2D eigenvalue weighted by Crippen LogP contribution is 2.40. The molecule has 6 heteroatoms. The molecule has 2 saturated heterocycles. The molecule has 0 spiro atoms. The van der Waals surface area contributed by atoms with Gasteiger partial charge in [-0.2, -0.15) is 0 Å². The Kier molecular flexibility index (Phi) is 2.57. The van der Waals surface area contributed by atoms with Crippen LogP contribution in [0.4, 0.5) is 4.79 Å². The molecule has 0 radical (unpaired) electrons. The van der Waals surface area contributed by atoms with Crippen LogP contribution in [-0.4, -0.2) is 46.7 Å². The molecule has 20 heavy (non-hydrogen) atoms. The minimum Gasteiger partial charge on any atom is -0.361 e. The van der Waals surface area contributed by atoms with Crippen molar-refractivity contribution >= 4 is 6.03 Å². The predicted molar refractivity (Wildman–Crippen MR) is 72.1 cm³/mol. The van der Waals surface area contributed by atoms with Crippen molar-refractivity contribution in [3.63, 3.8) is 0 Å². The summed E-state index contributed by atoms with van der Waals surface area (Å²) in [4.78, 5) is 16.0. The van der Waals surface area contributed by atoms with Gasteiger partial charge in [0.25, 0.3) is 0 Å². The van der Waals surface area contributed by atoms with Crippen LogP contribution in [0.3, 0.4) is 0 Å². The lowest BCUT2D eigenvalue weighted by Gasteiger charge is -2.30. The average molecular weight is 276 g/mol. The summed E-state index contributed by atoms with van der Waals surface area (Å²) in [5.41, 5.74) is 6.72. The number of amides is 2. The molecule has 2 N–H and O–H groups in total. The number of rotatable bonds is 2. The summed E-state index contributed by atoms with van der Waals surface area (Å²) in [7, 11) is 1.89. The minimum absolute atomic E-state index is 0.0787. The van der Waals surface area contributed by atoms with Crippen LogP contribution in [0.2, 0.25) is 0 Å². The summed E-state index contributed by atoms with van der Waals surface area (Å²) in [6, 6.07) is 2.91. The number of nitrogens with zero attached hydrogens (tertiary/aromatic N) is 3. The Bertz CT molecular complexity index is 537. The topological polar surface area (TPSA) is 75.6 Å². The molecule has 1 aromatic rings. The van der Waals surface area contributed by atoms with Crippen LogP contribution in [0.1, 0.15) is 49.1 Å². The molecule has 0 unspecified atom stereocenters. The van der Waals surface area contributed by atoms with E-state index < -0.39 is 0 Å². The second kappa shape index (κ2) is 4.22. The highest BCUT2D eigenvalue weighted by molar-refractivity contribution is 5.77. The minimum atomic E-state index is 0.0787. The van der Waals surface area contributed by atoms with Gasteiger partial charge in [-0.15, -0.1) is 0 Å². The smallest absolute Gasteiger partial charge is 0.320 e. The lowest BCUT2D eigenvalue weighted by molar-refractivity contribution is 0.177. The van der Waals surface area contributed by atoms with Crippen molar-refractivity contribution in [3.8, 4) is 0 Å². The van der Waals surface area contributed by atoms with E-state index in [0.29, 0.717) is 18.0 Å². The lowest BCUT2D eigenvalue weighted by Crippen LogP contribution is -2.35. The number of piperidine rings is 1. The molecule has 3 heterocycles. The van der Waals surface area contributed by atoms with Gasteiger partial charge >= 0.3 is 6.03 Å². The molecule has 2 amide bonds. The summed E-state index contributed by atoms with van der Waals surface area (Å²) < 4.78 is 5.48. The first-order valence-corrected chi connectivity index (χ1v) is 7.39. The van der Waals surface area contributed by atoms with Crippen LogP contribution in [0.25, 0.3) is 0 Å². The molecule has 1 aliphatic carbocycles. The third kappa shape index (κ3) is 1.67. The first-order valence-electron chi connectivity index (χ1n) is 7.39. The fourth-order valence-corrected chi connectivity index (χ4v) is 3.69. The molecule has 2 bridgehead atoms. The standard InChI is InChI=1S/C14H20N4O2/c1-17-10-2-3-12(18(7-10)14(17)19)11-6-13(20-16-11)8-4-9(15)5-8/h6,8-10,12H,2-5,7,15H2,1H3/t8-,9+,10-,12+/m1/s1. The number of hydrogen-bond donors (Lipinski definition) is 1. The van der Waals surface area contributed by atoms with E-state index in [1.54, 1.807) is 0 Å². The van der Waals surface area contributed by atoms with Gasteiger partial charge in [-0.1, -0.05) is 5.16 Å². The number of likely N-dealkylation sites (N-methyl/N-ethyl adjacent to an activating group) is 1. The SMILES string of the molecule is CN1C(=O)N2C[C@H]1CC[C@H]2c1cc([C@H]2C[C@@H](N)C2)on1. The predicted octanol–water partition coefficient (Wildman–Crippen LogP) is 1.45. The summed E-state index contributed by atoms with van der Waals surface area (Å²) in [6.45, 7) is 0.816.